The first-order valence-corrected chi connectivity index (χ1v) is 9.90. The third-order valence-corrected chi connectivity index (χ3v) is 5.93. The van der Waals surface area contributed by atoms with Crippen molar-refractivity contribution in [2.24, 2.45) is 0 Å². The van der Waals surface area contributed by atoms with Crippen LogP contribution in [0.25, 0.3) is 28.3 Å². The Hall–Kier alpha value is -3.10. The fraction of sp³-hybridized carbons (Fsp3) is 0.130. The zero-order chi connectivity index (χ0) is 19.4. The first-order chi connectivity index (χ1) is 13.5. The fourth-order valence-electron chi connectivity index (χ4n) is 3.88. The van der Waals surface area contributed by atoms with Crippen LogP contribution in [0.15, 0.2) is 59.2 Å². The SMILES string of the molecule is Cc1nc2n(c1C)-c1ccc(Br)cc1Cn1cc(-c3ccc(C#N)cc3)cc1-2. The van der Waals surface area contributed by atoms with Crippen LogP contribution in [-0.2, 0) is 6.54 Å². The van der Waals surface area contributed by atoms with Gasteiger partial charge in [0.05, 0.1) is 28.7 Å². The lowest BCUT2D eigenvalue weighted by Crippen LogP contribution is -2.02. The van der Waals surface area contributed by atoms with Gasteiger partial charge in [0.15, 0.2) is 5.82 Å². The maximum atomic E-state index is 9.05. The predicted molar refractivity (Wildman–Crippen MR) is 113 cm³/mol. The molecule has 1 aliphatic rings. The van der Waals surface area contributed by atoms with Crippen LogP contribution >= 0.6 is 15.9 Å². The second kappa shape index (κ2) is 6.22. The standard InChI is InChI=1S/C23H17BrN4/c1-14-15(2)28-21-8-7-20(24)9-19(21)13-27-12-18(10-22(27)23(28)26-14)17-5-3-16(11-25)4-6-17/h3-10,12H,13H2,1-2H3. The Labute approximate surface area is 171 Å². The van der Waals surface area contributed by atoms with E-state index in [2.05, 4.69) is 75.4 Å². The summed E-state index contributed by atoms with van der Waals surface area (Å²) in [7, 11) is 0. The van der Waals surface area contributed by atoms with Gasteiger partial charge in [-0.3, -0.25) is 4.57 Å². The molecule has 2 aromatic heterocycles. The Bertz CT molecular complexity index is 1270. The van der Waals surface area contributed by atoms with Crippen molar-refractivity contribution >= 4 is 15.9 Å². The minimum Gasteiger partial charge on any atom is -0.340 e. The molecule has 0 saturated carbocycles. The number of aryl methyl sites for hydroxylation is 1. The molecule has 3 heterocycles. The molecule has 0 radical (unpaired) electrons. The van der Waals surface area contributed by atoms with Gasteiger partial charge in [-0.05, 0) is 61.4 Å². The van der Waals surface area contributed by atoms with Crippen molar-refractivity contribution < 1.29 is 0 Å². The number of rotatable bonds is 1. The number of fused-ring (bicyclic) bond motifs is 5. The van der Waals surface area contributed by atoms with Gasteiger partial charge in [-0.15, -0.1) is 0 Å². The first-order valence-electron chi connectivity index (χ1n) is 9.11. The van der Waals surface area contributed by atoms with E-state index < -0.39 is 0 Å². The monoisotopic (exact) mass is 428 g/mol. The van der Waals surface area contributed by atoms with E-state index in [1.54, 1.807) is 0 Å². The van der Waals surface area contributed by atoms with Crippen molar-refractivity contribution in [2.45, 2.75) is 20.4 Å². The van der Waals surface area contributed by atoms with Gasteiger partial charge in [0, 0.05) is 28.5 Å². The molecule has 2 aromatic carbocycles. The predicted octanol–water partition coefficient (Wildman–Crippen LogP) is 5.62. The van der Waals surface area contributed by atoms with Crippen LogP contribution in [0.1, 0.15) is 22.5 Å². The summed E-state index contributed by atoms with van der Waals surface area (Å²) in [5.41, 5.74) is 8.62. The lowest BCUT2D eigenvalue weighted by Gasteiger charge is -2.12. The van der Waals surface area contributed by atoms with Crippen LogP contribution in [0.5, 0.6) is 0 Å². The van der Waals surface area contributed by atoms with Crippen molar-refractivity contribution in [3.05, 3.63) is 81.7 Å². The van der Waals surface area contributed by atoms with Gasteiger partial charge in [0.2, 0.25) is 0 Å². The summed E-state index contributed by atoms with van der Waals surface area (Å²) in [6.45, 7) is 4.96. The number of nitrogens with zero attached hydrogens (tertiary/aromatic N) is 4. The number of imidazole rings is 1. The molecule has 0 amide bonds. The van der Waals surface area contributed by atoms with Crippen molar-refractivity contribution in [3.8, 4) is 34.4 Å². The van der Waals surface area contributed by atoms with Gasteiger partial charge in [-0.1, -0.05) is 28.1 Å². The molecule has 4 nitrogen and oxygen atoms in total. The maximum absolute atomic E-state index is 9.05. The number of hydrogen-bond acceptors (Lipinski definition) is 2. The smallest absolute Gasteiger partial charge is 0.161 e. The molecule has 28 heavy (non-hydrogen) atoms. The van der Waals surface area contributed by atoms with Crippen LogP contribution in [0.4, 0.5) is 0 Å². The van der Waals surface area contributed by atoms with Gasteiger partial charge < -0.3 is 4.57 Å². The fourth-order valence-corrected chi connectivity index (χ4v) is 4.29. The Kier molecular flexibility index (Phi) is 3.78. The highest BCUT2D eigenvalue weighted by atomic mass is 79.9. The maximum Gasteiger partial charge on any atom is 0.161 e. The summed E-state index contributed by atoms with van der Waals surface area (Å²) in [4.78, 5) is 4.90. The van der Waals surface area contributed by atoms with Gasteiger partial charge in [-0.25, -0.2) is 4.98 Å². The molecule has 0 bridgehead atoms. The van der Waals surface area contributed by atoms with Gasteiger partial charge in [-0.2, -0.15) is 5.26 Å². The zero-order valence-electron chi connectivity index (χ0n) is 15.6. The molecule has 0 spiro atoms. The average molecular weight is 429 g/mol. The summed E-state index contributed by atoms with van der Waals surface area (Å²) in [6, 6.07) is 18.5. The minimum atomic E-state index is 0.671. The van der Waals surface area contributed by atoms with Crippen LogP contribution in [-0.4, -0.2) is 14.1 Å². The first kappa shape index (κ1) is 17.0. The summed E-state index contributed by atoms with van der Waals surface area (Å²) < 4.78 is 5.60. The van der Waals surface area contributed by atoms with E-state index in [0.717, 1.165) is 45.1 Å². The van der Waals surface area contributed by atoms with Crippen LogP contribution in [0.2, 0.25) is 0 Å². The zero-order valence-corrected chi connectivity index (χ0v) is 17.2. The van der Waals surface area contributed by atoms with E-state index in [9.17, 15) is 0 Å². The summed E-state index contributed by atoms with van der Waals surface area (Å²) in [5, 5.41) is 9.05. The molecule has 0 fully saturated rings. The van der Waals surface area contributed by atoms with E-state index in [1.165, 1.54) is 11.3 Å². The second-order valence-corrected chi connectivity index (χ2v) is 8.06. The van der Waals surface area contributed by atoms with Gasteiger partial charge >= 0.3 is 0 Å². The Morgan fingerprint density at radius 3 is 2.57 bits per heavy atom. The Morgan fingerprint density at radius 1 is 1.04 bits per heavy atom. The van der Waals surface area contributed by atoms with Crippen molar-refractivity contribution in [2.75, 3.05) is 0 Å². The van der Waals surface area contributed by atoms with Gasteiger partial charge in [0.1, 0.15) is 0 Å². The molecule has 0 aliphatic carbocycles. The average Bonchev–Trinajstić information content (AvgIpc) is 3.20. The van der Waals surface area contributed by atoms with Crippen LogP contribution < -0.4 is 0 Å². The topological polar surface area (TPSA) is 46.5 Å². The molecule has 0 atom stereocenters. The normalized spacial score (nSPS) is 11.9. The lowest BCUT2D eigenvalue weighted by atomic mass is 10.1. The summed E-state index contributed by atoms with van der Waals surface area (Å²) in [6.07, 6.45) is 2.18. The highest BCUT2D eigenvalue weighted by Crippen LogP contribution is 2.36. The van der Waals surface area contributed by atoms with Crippen LogP contribution in [0.3, 0.4) is 0 Å². The lowest BCUT2D eigenvalue weighted by molar-refractivity contribution is 0.817. The molecular weight excluding hydrogens is 412 g/mol. The Balaban J connectivity index is 1.74. The van der Waals surface area contributed by atoms with E-state index >= 15 is 0 Å². The highest BCUT2D eigenvalue weighted by molar-refractivity contribution is 9.10. The van der Waals surface area contributed by atoms with Crippen molar-refractivity contribution in [3.63, 3.8) is 0 Å². The molecule has 0 saturated heterocycles. The van der Waals surface area contributed by atoms with Crippen LogP contribution in [0, 0.1) is 25.2 Å². The minimum absolute atomic E-state index is 0.671. The summed E-state index contributed by atoms with van der Waals surface area (Å²) in [5.74, 6) is 0.968. The number of nitriles is 1. The second-order valence-electron chi connectivity index (χ2n) is 7.15. The number of benzene rings is 2. The third kappa shape index (κ3) is 2.53. The third-order valence-electron chi connectivity index (χ3n) is 5.44. The van der Waals surface area contributed by atoms with E-state index in [-0.39, 0.29) is 0 Å². The van der Waals surface area contributed by atoms with Gasteiger partial charge in [0.25, 0.3) is 0 Å². The number of halogens is 1. The molecule has 1 aliphatic heterocycles. The van der Waals surface area contributed by atoms with Crippen molar-refractivity contribution in [1.29, 1.82) is 5.26 Å². The summed E-state index contributed by atoms with van der Waals surface area (Å²) >= 11 is 3.61. The quantitative estimate of drug-likeness (QED) is 0.347. The molecule has 0 N–H and O–H groups in total. The molecule has 0 unspecified atom stereocenters. The molecular formula is C23H17BrN4. The van der Waals surface area contributed by atoms with Crippen molar-refractivity contribution in [1.82, 2.24) is 14.1 Å². The molecule has 5 heteroatoms. The molecule has 5 rings (SSSR count). The van der Waals surface area contributed by atoms with E-state index in [4.69, 9.17) is 10.2 Å². The van der Waals surface area contributed by atoms with E-state index in [1.807, 2.05) is 24.3 Å². The Morgan fingerprint density at radius 2 is 1.82 bits per heavy atom. The molecule has 4 aromatic rings. The van der Waals surface area contributed by atoms with E-state index in [0.29, 0.717) is 5.56 Å². The number of hydrogen-bond donors (Lipinski definition) is 0. The highest BCUT2D eigenvalue weighted by Gasteiger charge is 2.24. The molecule has 136 valence electrons. The largest absolute Gasteiger partial charge is 0.340 e. The number of aromatic nitrogens is 3.